The molecule has 3 amide bonds. The lowest BCUT2D eigenvalue weighted by atomic mass is 10.0. The zero-order valence-corrected chi connectivity index (χ0v) is 22.3. The Morgan fingerprint density at radius 1 is 0.800 bits per heavy atom. The van der Waals surface area contributed by atoms with Gasteiger partial charge in [0.05, 0.1) is 12.5 Å². The van der Waals surface area contributed by atoms with Gasteiger partial charge in [-0.1, -0.05) is 48.5 Å². The maximum atomic E-state index is 13.4. The summed E-state index contributed by atoms with van der Waals surface area (Å²) in [6, 6.07) is 10.7. The van der Waals surface area contributed by atoms with Crippen molar-refractivity contribution >= 4 is 53.2 Å². The van der Waals surface area contributed by atoms with Crippen molar-refractivity contribution in [1.82, 2.24) is 20.9 Å². The van der Waals surface area contributed by atoms with E-state index in [0.29, 0.717) is 11.1 Å². The summed E-state index contributed by atoms with van der Waals surface area (Å²) in [4.78, 5) is 65.4. The van der Waals surface area contributed by atoms with Gasteiger partial charge >= 0.3 is 11.9 Å². The van der Waals surface area contributed by atoms with Crippen LogP contribution in [0.15, 0.2) is 60.8 Å². The van der Waals surface area contributed by atoms with Crippen LogP contribution >= 0.6 is 12.6 Å². The molecule has 3 rings (SSSR count). The number of carboxylic acid groups (broad SMARTS) is 2. The molecule has 13 heteroatoms. The minimum atomic E-state index is -1.55. The van der Waals surface area contributed by atoms with Crippen LogP contribution in [-0.4, -0.2) is 74.8 Å². The van der Waals surface area contributed by atoms with E-state index in [-0.39, 0.29) is 18.6 Å². The first kappa shape index (κ1) is 30.2. The Kier molecular flexibility index (Phi) is 10.7. The highest BCUT2D eigenvalue weighted by atomic mass is 32.1. The van der Waals surface area contributed by atoms with E-state index in [1.54, 1.807) is 42.6 Å². The lowest BCUT2D eigenvalue weighted by Crippen LogP contribution is -2.58. The highest BCUT2D eigenvalue weighted by molar-refractivity contribution is 7.80. The van der Waals surface area contributed by atoms with Gasteiger partial charge in [-0.2, -0.15) is 12.6 Å². The van der Waals surface area contributed by atoms with Crippen molar-refractivity contribution in [1.29, 1.82) is 0 Å². The molecule has 0 saturated carbocycles. The Balaban J connectivity index is 1.87. The van der Waals surface area contributed by atoms with E-state index in [9.17, 15) is 34.2 Å². The van der Waals surface area contributed by atoms with Gasteiger partial charge in [0.2, 0.25) is 17.7 Å². The van der Waals surface area contributed by atoms with Gasteiger partial charge in [-0.3, -0.25) is 19.2 Å². The quantitative estimate of drug-likeness (QED) is 0.126. The van der Waals surface area contributed by atoms with Gasteiger partial charge in [-0.05, 0) is 17.2 Å². The maximum Gasteiger partial charge on any atom is 0.326 e. The zero-order chi connectivity index (χ0) is 29.2. The molecule has 3 aromatic rings. The standard InChI is InChI=1S/C27H31N5O7S/c28-18(14-40)24(35)30-21(12-23(33)34)26(37)31-20(11-16-13-29-19-9-5-4-8-17(16)19)25(36)32-22(27(38)39)10-15-6-2-1-3-7-15/h1-9,13,18,20-22,29,40H,10-12,14,28H2,(H,30,35)(H,31,37)(H,32,36)(H,33,34)(H,38,39). The minimum Gasteiger partial charge on any atom is -0.481 e. The third kappa shape index (κ3) is 8.32. The number of aliphatic carboxylic acids is 2. The molecule has 40 heavy (non-hydrogen) atoms. The van der Waals surface area contributed by atoms with Crippen LogP contribution in [0.5, 0.6) is 0 Å². The molecular formula is C27H31N5O7S. The average molecular weight is 570 g/mol. The van der Waals surface area contributed by atoms with Crippen LogP contribution in [0.1, 0.15) is 17.5 Å². The number of aromatic amines is 1. The summed E-state index contributed by atoms with van der Waals surface area (Å²) < 4.78 is 0. The molecule has 1 aromatic heterocycles. The van der Waals surface area contributed by atoms with Gasteiger partial charge in [0.1, 0.15) is 18.1 Å². The molecule has 4 atom stereocenters. The van der Waals surface area contributed by atoms with Crippen molar-refractivity contribution < 1.29 is 34.2 Å². The third-order valence-electron chi connectivity index (χ3n) is 6.17. The van der Waals surface area contributed by atoms with Crippen LogP contribution in [0.4, 0.5) is 0 Å². The highest BCUT2D eigenvalue weighted by Crippen LogP contribution is 2.19. The number of aromatic nitrogens is 1. The van der Waals surface area contributed by atoms with Crippen LogP contribution in [0.3, 0.4) is 0 Å². The number of nitrogens with one attached hydrogen (secondary N) is 4. The van der Waals surface area contributed by atoms with E-state index in [4.69, 9.17) is 5.73 Å². The second-order valence-electron chi connectivity index (χ2n) is 9.16. The fourth-order valence-corrected chi connectivity index (χ4v) is 4.24. The number of benzene rings is 2. The van der Waals surface area contributed by atoms with E-state index < -0.39 is 60.2 Å². The van der Waals surface area contributed by atoms with Gasteiger partial charge < -0.3 is 36.9 Å². The number of hydrogen-bond donors (Lipinski definition) is 8. The van der Waals surface area contributed by atoms with Crippen molar-refractivity contribution in [3.05, 3.63) is 71.9 Å². The molecule has 2 aromatic carbocycles. The maximum absolute atomic E-state index is 13.4. The molecular weight excluding hydrogens is 538 g/mol. The molecule has 0 aliphatic rings. The highest BCUT2D eigenvalue weighted by Gasteiger charge is 2.32. The van der Waals surface area contributed by atoms with E-state index in [1.165, 1.54) is 0 Å². The van der Waals surface area contributed by atoms with Crippen molar-refractivity contribution in [2.45, 2.75) is 43.4 Å². The molecule has 0 spiro atoms. The average Bonchev–Trinajstić information content (AvgIpc) is 3.34. The lowest BCUT2D eigenvalue weighted by molar-refractivity contribution is -0.143. The smallest absolute Gasteiger partial charge is 0.326 e. The molecule has 8 N–H and O–H groups in total. The summed E-state index contributed by atoms with van der Waals surface area (Å²) in [5, 5.41) is 27.1. The van der Waals surface area contributed by atoms with Crippen molar-refractivity contribution in [2.24, 2.45) is 5.73 Å². The largest absolute Gasteiger partial charge is 0.481 e. The number of H-pyrrole nitrogens is 1. The number of amides is 3. The fraction of sp³-hybridized carbons (Fsp3) is 0.296. The van der Waals surface area contributed by atoms with E-state index in [2.05, 4.69) is 33.6 Å². The third-order valence-corrected chi connectivity index (χ3v) is 6.57. The predicted octanol–water partition coefficient (Wildman–Crippen LogP) is 0.224. The summed E-state index contributed by atoms with van der Waals surface area (Å²) in [6.07, 6.45) is 0.833. The summed E-state index contributed by atoms with van der Waals surface area (Å²) in [5.74, 6) is -5.22. The molecule has 0 bridgehead atoms. The number of para-hydroxylation sites is 1. The van der Waals surface area contributed by atoms with Gasteiger partial charge in [0.25, 0.3) is 0 Å². The van der Waals surface area contributed by atoms with Gasteiger partial charge in [-0.15, -0.1) is 0 Å². The summed E-state index contributed by atoms with van der Waals surface area (Å²) in [7, 11) is 0. The molecule has 0 radical (unpaired) electrons. The van der Waals surface area contributed by atoms with Crippen molar-refractivity contribution in [3.8, 4) is 0 Å². The Morgan fingerprint density at radius 2 is 1.40 bits per heavy atom. The van der Waals surface area contributed by atoms with E-state index in [0.717, 1.165) is 10.9 Å². The number of thiol groups is 1. The minimum absolute atomic E-state index is 0.00498. The number of rotatable bonds is 14. The molecule has 4 unspecified atom stereocenters. The van der Waals surface area contributed by atoms with Crippen LogP contribution in [0.2, 0.25) is 0 Å². The number of carboxylic acids is 2. The molecule has 1 heterocycles. The van der Waals surface area contributed by atoms with E-state index >= 15 is 0 Å². The second-order valence-corrected chi connectivity index (χ2v) is 9.53. The van der Waals surface area contributed by atoms with Crippen LogP contribution in [-0.2, 0) is 36.8 Å². The molecule has 0 aliphatic heterocycles. The monoisotopic (exact) mass is 569 g/mol. The molecule has 12 nitrogen and oxygen atoms in total. The van der Waals surface area contributed by atoms with Crippen molar-refractivity contribution in [2.75, 3.05) is 5.75 Å². The Bertz CT molecular complexity index is 1360. The zero-order valence-electron chi connectivity index (χ0n) is 21.4. The van der Waals surface area contributed by atoms with E-state index in [1.807, 2.05) is 18.2 Å². The Morgan fingerprint density at radius 3 is 2.05 bits per heavy atom. The number of carbonyl (C=O) groups excluding carboxylic acids is 3. The normalized spacial score (nSPS) is 13.9. The molecule has 0 aliphatic carbocycles. The fourth-order valence-electron chi connectivity index (χ4n) is 4.07. The first-order chi connectivity index (χ1) is 19.1. The summed E-state index contributed by atoms with van der Waals surface area (Å²) in [6.45, 7) is 0. The van der Waals surface area contributed by atoms with Gasteiger partial charge in [0.15, 0.2) is 0 Å². The van der Waals surface area contributed by atoms with Crippen molar-refractivity contribution in [3.63, 3.8) is 0 Å². The first-order valence-electron chi connectivity index (χ1n) is 12.4. The molecule has 0 saturated heterocycles. The molecule has 212 valence electrons. The molecule has 0 fully saturated rings. The SMILES string of the molecule is NC(CS)C(=O)NC(CC(=O)O)C(=O)NC(Cc1c[nH]c2ccccc12)C(=O)NC(Cc1ccccc1)C(=O)O. The number of fused-ring (bicyclic) bond motifs is 1. The van der Waals surface area contributed by atoms with Crippen LogP contribution < -0.4 is 21.7 Å². The van der Waals surface area contributed by atoms with Crippen LogP contribution in [0, 0.1) is 0 Å². The van der Waals surface area contributed by atoms with Crippen LogP contribution in [0.25, 0.3) is 10.9 Å². The summed E-state index contributed by atoms with van der Waals surface area (Å²) in [5.41, 5.74) is 7.76. The predicted molar refractivity (Wildman–Crippen MR) is 150 cm³/mol. The topological polar surface area (TPSA) is 204 Å². The van der Waals surface area contributed by atoms with Gasteiger partial charge in [-0.25, -0.2) is 4.79 Å². The number of carbonyl (C=O) groups is 5. The summed E-state index contributed by atoms with van der Waals surface area (Å²) >= 11 is 3.94. The Hall–Kier alpha value is -4.36. The number of hydrogen-bond acceptors (Lipinski definition) is 7. The first-order valence-corrected chi connectivity index (χ1v) is 13.0. The Labute approximate surface area is 235 Å². The number of nitrogens with two attached hydrogens (primary N) is 1. The second kappa shape index (κ2) is 14.1. The van der Waals surface area contributed by atoms with Gasteiger partial charge in [0, 0.05) is 35.7 Å². The lowest BCUT2D eigenvalue weighted by Gasteiger charge is -2.24.